The fraction of sp³-hybridized carbons (Fsp3) is 0.273. The fourth-order valence-corrected chi connectivity index (χ4v) is 1.66. The summed E-state index contributed by atoms with van der Waals surface area (Å²) in [7, 11) is 0. The Morgan fingerprint density at radius 2 is 2.26 bits per heavy atom. The minimum Gasteiger partial charge on any atom is -0.478 e. The molecule has 0 fully saturated rings. The van der Waals surface area contributed by atoms with E-state index < -0.39 is 5.97 Å². The minimum atomic E-state index is -1.06. The molecule has 2 rings (SSSR count). The summed E-state index contributed by atoms with van der Waals surface area (Å²) in [6, 6.07) is 2.70. The van der Waals surface area contributed by atoms with Gasteiger partial charge in [0.05, 0.1) is 5.56 Å². The number of nitrogens with zero attached hydrogens (tertiary/aromatic N) is 3. The highest BCUT2D eigenvalue weighted by molar-refractivity contribution is 6.29. The molecule has 0 spiro atoms. The first-order valence-electron chi connectivity index (χ1n) is 5.48. The average molecular weight is 283 g/mol. The molecule has 100 valence electrons. The van der Waals surface area contributed by atoms with Gasteiger partial charge >= 0.3 is 5.97 Å². The van der Waals surface area contributed by atoms with E-state index in [4.69, 9.17) is 21.2 Å². The summed E-state index contributed by atoms with van der Waals surface area (Å²) in [5.74, 6) is 0.413. The smallest absolute Gasteiger partial charge is 0.335 e. The van der Waals surface area contributed by atoms with E-state index in [9.17, 15) is 4.79 Å². The van der Waals surface area contributed by atoms with Crippen LogP contribution >= 0.6 is 11.6 Å². The number of aromatic carboxylic acids is 1. The Balaban J connectivity index is 1.97. The molecule has 0 saturated heterocycles. The summed E-state index contributed by atoms with van der Waals surface area (Å²) < 4.78 is 4.95. The summed E-state index contributed by atoms with van der Waals surface area (Å²) in [5.41, 5.74) is 0.0798. The van der Waals surface area contributed by atoms with Gasteiger partial charge < -0.3 is 14.9 Å². The Hall–Kier alpha value is -2.15. The molecule has 0 amide bonds. The van der Waals surface area contributed by atoms with Crippen molar-refractivity contribution in [3.63, 3.8) is 0 Å². The highest BCUT2D eigenvalue weighted by Crippen LogP contribution is 2.14. The molecule has 0 bridgehead atoms. The quantitative estimate of drug-likeness (QED) is 0.806. The second-order valence-electron chi connectivity index (χ2n) is 3.78. The maximum absolute atomic E-state index is 10.9. The van der Waals surface area contributed by atoms with Crippen LogP contribution in [0.5, 0.6) is 0 Å². The number of hydrogen-bond donors (Lipinski definition) is 2. The maximum atomic E-state index is 10.9. The van der Waals surface area contributed by atoms with E-state index in [0.717, 1.165) is 0 Å². The van der Waals surface area contributed by atoms with E-state index in [-0.39, 0.29) is 10.7 Å². The molecule has 2 aromatic heterocycles. The van der Waals surface area contributed by atoms with Crippen LogP contribution in [0, 0.1) is 6.92 Å². The molecular formula is C11H11ClN4O3. The number of pyridine rings is 1. The first-order chi connectivity index (χ1) is 9.04. The maximum Gasteiger partial charge on any atom is 0.335 e. The molecule has 2 N–H and O–H groups in total. The van der Waals surface area contributed by atoms with Crippen LogP contribution in [0.2, 0.25) is 5.15 Å². The number of carboxylic acids is 1. The molecule has 2 aromatic rings. The molecule has 0 aliphatic heterocycles. The van der Waals surface area contributed by atoms with Crippen LogP contribution in [0.15, 0.2) is 16.7 Å². The van der Waals surface area contributed by atoms with E-state index >= 15 is 0 Å². The predicted molar refractivity (Wildman–Crippen MR) is 67.4 cm³/mol. The summed E-state index contributed by atoms with van der Waals surface area (Å²) in [4.78, 5) is 18.9. The predicted octanol–water partition coefficient (Wildman–Crippen LogP) is 1.78. The molecule has 0 aliphatic carbocycles. The van der Waals surface area contributed by atoms with Gasteiger partial charge in [0.1, 0.15) is 11.0 Å². The van der Waals surface area contributed by atoms with E-state index in [0.29, 0.717) is 30.5 Å². The van der Waals surface area contributed by atoms with Crippen molar-refractivity contribution in [2.24, 2.45) is 0 Å². The van der Waals surface area contributed by atoms with E-state index in [1.165, 1.54) is 12.1 Å². The van der Waals surface area contributed by atoms with Crippen molar-refractivity contribution in [2.75, 3.05) is 11.9 Å². The van der Waals surface area contributed by atoms with Gasteiger partial charge in [-0.25, -0.2) is 9.78 Å². The molecule has 8 heteroatoms. The van der Waals surface area contributed by atoms with E-state index in [1.54, 1.807) is 6.92 Å². The Kier molecular flexibility index (Phi) is 3.96. The third-order valence-corrected chi connectivity index (χ3v) is 2.45. The number of aryl methyl sites for hydroxylation is 1. The number of halogens is 1. The van der Waals surface area contributed by atoms with Crippen molar-refractivity contribution >= 4 is 23.4 Å². The van der Waals surface area contributed by atoms with Crippen LogP contribution in [0.25, 0.3) is 0 Å². The summed E-state index contributed by atoms with van der Waals surface area (Å²) in [6.45, 7) is 2.21. The Labute approximate surface area is 113 Å². The zero-order valence-electron chi connectivity index (χ0n) is 10.1. The molecule has 0 unspecified atom stereocenters. The van der Waals surface area contributed by atoms with Gasteiger partial charge in [0.25, 0.3) is 0 Å². The van der Waals surface area contributed by atoms with Gasteiger partial charge in [-0.3, -0.25) is 0 Å². The van der Waals surface area contributed by atoms with Gasteiger partial charge in [-0.15, -0.1) is 0 Å². The highest BCUT2D eigenvalue weighted by Gasteiger charge is 2.08. The van der Waals surface area contributed by atoms with Gasteiger partial charge in [-0.1, -0.05) is 16.8 Å². The number of carboxylic acid groups (broad SMARTS) is 1. The molecule has 7 nitrogen and oxygen atoms in total. The van der Waals surface area contributed by atoms with Crippen molar-refractivity contribution < 1.29 is 14.4 Å². The van der Waals surface area contributed by atoms with Crippen LogP contribution in [-0.4, -0.2) is 32.7 Å². The lowest BCUT2D eigenvalue weighted by atomic mass is 10.2. The second kappa shape index (κ2) is 5.66. The van der Waals surface area contributed by atoms with Crippen LogP contribution in [0.3, 0.4) is 0 Å². The van der Waals surface area contributed by atoms with Crippen LogP contribution in [0.4, 0.5) is 5.82 Å². The normalized spacial score (nSPS) is 10.4. The standard InChI is InChI=1S/C11H11ClN4O3/c1-6-14-10(19-16-6)2-3-13-9-5-7(11(17)18)4-8(12)15-9/h4-5H,2-3H2,1H3,(H,13,15)(H,17,18). The van der Waals surface area contributed by atoms with E-state index in [2.05, 4.69) is 20.4 Å². The van der Waals surface area contributed by atoms with Crippen molar-refractivity contribution in [1.29, 1.82) is 0 Å². The number of rotatable bonds is 5. The van der Waals surface area contributed by atoms with Gasteiger partial charge in [0.2, 0.25) is 5.89 Å². The largest absolute Gasteiger partial charge is 0.478 e. The molecule has 19 heavy (non-hydrogen) atoms. The van der Waals surface area contributed by atoms with Gasteiger partial charge in [-0.05, 0) is 19.1 Å². The number of nitrogens with one attached hydrogen (secondary N) is 1. The summed E-state index contributed by atoms with van der Waals surface area (Å²) in [6.07, 6.45) is 0.511. The molecule has 0 atom stereocenters. The number of anilines is 1. The Morgan fingerprint density at radius 1 is 1.47 bits per heavy atom. The molecule has 0 aromatic carbocycles. The molecule has 0 radical (unpaired) electrons. The van der Waals surface area contributed by atoms with E-state index in [1.807, 2.05) is 0 Å². The molecule has 2 heterocycles. The average Bonchev–Trinajstić information content (AvgIpc) is 2.74. The van der Waals surface area contributed by atoms with Crippen molar-refractivity contribution in [3.8, 4) is 0 Å². The first kappa shape index (κ1) is 13.3. The lowest BCUT2D eigenvalue weighted by molar-refractivity contribution is 0.0697. The number of carbonyl (C=O) groups is 1. The van der Waals surface area contributed by atoms with Gasteiger partial charge in [-0.2, -0.15) is 4.98 Å². The topological polar surface area (TPSA) is 101 Å². The molecule has 0 aliphatic rings. The van der Waals surface area contributed by atoms with Crippen molar-refractivity contribution in [1.82, 2.24) is 15.1 Å². The highest BCUT2D eigenvalue weighted by atomic mass is 35.5. The zero-order valence-corrected chi connectivity index (χ0v) is 10.8. The summed E-state index contributed by atoms with van der Waals surface area (Å²) in [5, 5.41) is 15.6. The van der Waals surface area contributed by atoms with Gasteiger partial charge in [0.15, 0.2) is 5.82 Å². The fourth-order valence-electron chi connectivity index (χ4n) is 1.45. The zero-order chi connectivity index (χ0) is 13.8. The van der Waals surface area contributed by atoms with Crippen LogP contribution in [-0.2, 0) is 6.42 Å². The van der Waals surface area contributed by atoms with Crippen molar-refractivity contribution in [3.05, 3.63) is 34.6 Å². The Morgan fingerprint density at radius 3 is 2.89 bits per heavy atom. The minimum absolute atomic E-state index is 0.0798. The second-order valence-corrected chi connectivity index (χ2v) is 4.17. The lowest BCUT2D eigenvalue weighted by Crippen LogP contribution is -2.08. The molecular weight excluding hydrogens is 272 g/mol. The van der Waals surface area contributed by atoms with Crippen molar-refractivity contribution in [2.45, 2.75) is 13.3 Å². The lowest BCUT2D eigenvalue weighted by Gasteiger charge is -2.05. The third-order valence-electron chi connectivity index (χ3n) is 2.26. The van der Waals surface area contributed by atoms with Crippen LogP contribution < -0.4 is 5.32 Å². The third kappa shape index (κ3) is 3.65. The number of aromatic nitrogens is 3. The monoisotopic (exact) mass is 282 g/mol. The first-order valence-corrected chi connectivity index (χ1v) is 5.86. The SMILES string of the molecule is Cc1noc(CCNc2cc(C(=O)O)cc(Cl)n2)n1. The Bertz CT molecular complexity index is 599. The summed E-state index contributed by atoms with van der Waals surface area (Å²) >= 11 is 5.74. The molecule has 0 saturated carbocycles. The van der Waals surface area contributed by atoms with Gasteiger partial charge in [0, 0.05) is 13.0 Å². The van der Waals surface area contributed by atoms with Crippen LogP contribution in [0.1, 0.15) is 22.1 Å². The number of hydrogen-bond acceptors (Lipinski definition) is 6.